The van der Waals surface area contributed by atoms with Crippen molar-refractivity contribution in [2.75, 3.05) is 0 Å². The van der Waals surface area contributed by atoms with Crippen molar-refractivity contribution >= 4 is 26.0 Å². The summed E-state index contributed by atoms with van der Waals surface area (Å²) >= 11 is 3.09. The number of allylic oxidation sites excluding steroid dienone is 4. The maximum absolute atomic E-state index is 10.4. The number of aliphatic carboxylic acids is 1. The Hall–Kier alpha value is -1.10. The molecule has 3 heteroatoms. The molecular formula is C13H10O2Se. The molecule has 16 heavy (non-hydrogen) atoms. The first kappa shape index (κ1) is 10.1. The van der Waals surface area contributed by atoms with E-state index in [1.807, 2.05) is 0 Å². The molecule has 3 aliphatic rings. The van der Waals surface area contributed by atoms with Crippen LogP contribution in [0.2, 0.25) is 0 Å². The van der Waals surface area contributed by atoms with Crippen LogP contribution in [0.15, 0.2) is 23.8 Å². The topological polar surface area (TPSA) is 37.3 Å². The van der Waals surface area contributed by atoms with Crippen molar-refractivity contribution in [3.05, 3.63) is 23.8 Å². The van der Waals surface area contributed by atoms with Crippen LogP contribution in [0.25, 0.3) is 0 Å². The van der Waals surface area contributed by atoms with E-state index in [1.54, 1.807) is 0 Å². The third-order valence-electron chi connectivity index (χ3n) is 3.75. The molecule has 4 unspecified atom stereocenters. The second-order valence-corrected chi connectivity index (χ2v) is 5.47. The van der Waals surface area contributed by atoms with Crippen LogP contribution in [0.1, 0.15) is 6.42 Å². The van der Waals surface area contributed by atoms with Crippen LogP contribution in [-0.4, -0.2) is 31.1 Å². The molecule has 4 atom stereocenters. The van der Waals surface area contributed by atoms with Gasteiger partial charge >= 0.3 is 102 Å². The Morgan fingerprint density at radius 2 is 2.19 bits per heavy atom. The zero-order valence-electron chi connectivity index (χ0n) is 8.51. The molecule has 3 aliphatic carbocycles. The average molecular weight is 277 g/mol. The predicted octanol–water partition coefficient (Wildman–Crippen LogP) is 0.794. The Kier molecular flexibility index (Phi) is 2.17. The number of carboxylic acids is 1. The molecule has 0 amide bonds. The molecule has 3 rings (SSSR count). The molecule has 0 heterocycles. The van der Waals surface area contributed by atoms with Gasteiger partial charge in [-0.25, -0.2) is 0 Å². The van der Waals surface area contributed by atoms with Gasteiger partial charge in [0.25, 0.3) is 0 Å². The van der Waals surface area contributed by atoms with Gasteiger partial charge in [-0.2, -0.15) is 0 Å². The van der Waals surface area contributed by atoms with Gasteiger partial charge in [0.15, 0.2) is 0 Å². The van der Waals surface area contributed by atoms with Crippen LogP contribution in [0, 0.1) is 35.5 Å². The molecule has 1 fully saturated rings. The van der Waals surface area contributed by atoms with Gasteiger partial charge in [0.2, 0.25) is 0 Å². The minimum atomic E-state index is -1.06. The Bertz CT molecular complexity index is 504. The van der Waals surface area contributed by atoms with E-state index in [2.05, 4.69) is 45.6 Å². The van der Waals surface area contributed by atoms with Gasteiger partial charge in [0.05, 0.1) is 0 Å². The normalized spacial score (nSPS) is 38.0. The Balaban J connectivity index is 1.91. The fraction of sp³-hybridized carbons (Fsp3) is 0.385. The zero-order chi connectivity index (χ0) is 11.3. The van der Waals surface area contributed by atoms with E-state index in [-0.39, 0.29) is 0 Å². The molecule has 0 aromatic heterocycles. The molecule has 2 bridgehead atoms. The first-order chi connectivity index (χ1) is 7.66. The minimum absolute atomic E-state index is 0.535. The maximum atomic E-state index is 10.4. The average Bonchev–Trinajstić information content (AvgIpc) is 2.88. The van der Waals surface area contributed by atoms with Crippen molar-refractivity contribution in [1.82, 2.24) is 0 Å². The standard InChI is InChI=1S/C13H10O2Se/c14-11(15)4-3-9-6-10-7-1-2-8(5-7)12(10)13(9)16/h1-2,6-8,10,12H,5H2,(H,14,15). The van der Waals surface area contributed by atoms with Crippen LogP contribution >= 0.6 is 0 Å². The summed E-state index contributed by atoms with van der Waals surface area (Å²) in [5.74, 6) is 6.23. The molecule has 0 spiro atoms. The molecular weight excluding hydrogens is 267 g/mol. The Morgan fingerprint density at radius 1 is 1.44 bits per heavy atom. The van der Waals surface area contributed by atoms with E-state index < -0.39 is 5.97 Å². The fourth-order valence-corrected chi connectivity index (χ4v) is 4.08. The SMILES string of the molecule is O=C(O)C#CC1=CC2C3C=CC(C3)C2C1=[Se]. The zero-order valence-corrected chi connectivity index (χ0v) is 10.2. The van der Waals surface area contributed by atoms with E-state index in [0.29, 0.717) is 23.7 Å². The number of hydrogen-bond donors (Lipinski definition) is 1. The molecule has 0 aromatic carbocycles. The van der Waals surface area contributed by atoms with Crippen molar-refractivity contribution in [3.63, 3.8) is 0 Å². The van der Waals surface area contributed by atoms with E-state index >= 15 is 0 Å². The molecule has 0 aromatic rings. The van der Waals surface area contributed by atoms with Gasteiger partial charge in [-0.15, -0.1) is 0 Å². The summed E-state index contributed by atoms with van der Waals surface area (Å²) in [6.07, 6.45) is 7.99. The molecule has 1 N–H and O–H groups in total. The third kappa shape index (κ3) is 1.34. The Morgan fingerprint density at radius 3 is 2.88 bits per heavy atom. The van der Waals surface area contributed by atoms with Crippen LogP contribution < -0.4 is 0 Å². The quantitative estimate of drug-likeness (QED) is 0.404. The molecule has 0 radical (unpaired) electrons. The van der Waals surface area contributed by atoms with Crippen LogP contribution in [0.4, 0.5) is 0 Å². The first-order valence-corrected chi connectivity index (χ1v) is 6.22. The summed E-state index contributed by atoms with van der Waals surface area (Å²) in [4.78, 5) is 10.4. The summed E-state index contributed by atoms with van der Waals surface area (Å²) in [5.41, 5.74) is 0.899. The third-order valence-corrected chi connectivity index (χ3v) is 4.78. The van der Waals surface area contributed by atoms with E-state index in [0.717, 1.165) is 9.99 Å². The van der Waals surface area contributed by atoms with Crippen LogP contribution in [0.3, 0.4) is 0 Å². The second kappa shape index (κ2) is 3.45. The number of carboxylic acid groups (broad SMARTS) is 1. The number of carbonyl (C=O) groups is 1. The van der Waals surface area contributed by atoms with E-state index in [4.69, 9.17) is 5.11 Å². The van der Waals surface area contributed by atoms with E-state index in [9.17, 15) is 4.79 Å². The van der Waals surface area contributed by atoms with Crippen molar-refractivity contribution in [2.24, 2.45) is 23.7 Å². The fourth-order valence-electron chi connectivity index (χ4n) is 3.14. The number of hydrogen-bond acceptors (Lipinski definition) is 1. The molecule has 1 saturated carbocycles. The summed E-state index contributed by atoms with van der Waals surface area (Å²) < 4.78 is 1.16. The Labute approximate surface area is 102 Å². The van der Waals surface area contributed by atoms with Crippen LogP contribution in [0.5, 0.6) is 0 Å². The van der Waals surface area contributed by atoms with Gasteiger partial charge in [0, 0.05) is 0 Å². The van der Waals surface area contributed by atoms with Crippen molar-refractivity contribution in [3.8, 4) is 11.8 Å². The molecule has 80 valence electrons. The van der Waals surface area contributed by atoms with Crippen LogP contribution in [-0.2, 0) is 4.79 Å². The van der Waals surface area contributed by atoms with Gasteiger partial charge in [0.1, 0.15) is 0 Å². The van der Waals surface area contributed by atoms with Gasteiger partial charge in [-0.1, -0.05) is 0 Å². The monoisotopic (exact) mass is 278 g/mol. The summed E-state index contributed by atoms with van der Waals surface area (Å²) in [7, 11) is 0. The summed E-state index contributed by atoms with van der Waals surface area (Å²) in [5, 5.41) is 8.55. The second-order valence-electron chi connectivity index (χ2n) is 4.55. The van der Waals surface area contributed by atoms with Crippen molar-refractivity contribution < 1.29 is 9.90 Å². The predicted molar refractivity (Wildman–Crippen MR) is 62.0 cm³/mol. The van der Waals surface area contributed by atoms with Gasteiger partial charge in [-0.3, -0.25) is 0 Å². The van der Waals surface area contributed by atoms with Crippen molar-refractivity contribution in [2.45, 2.75) is 6.42 Å². The van der Waals surface area contributed by atoms with Gasteiger partial charge in [-0.05, 0) is 0 Å². The first-order valence-electron chi connectivity index (χ1n) is 5.36. The molecule has 0 saturated heterocycles. The summed E-state index contributed by atoms with van der Waals surface area (Å²) in [6.45, 7) is 0. The summed E-state index contributed by atoms with van der Waals surface area (Å²) in [6, 6.07) is 0. The van der Waals surface area contributed by atoms with Gasteiger partial charge < -0.3 is 0 Å². The number of fused-ring (bicyclic) bond motifs is 5. The van der Waals surface area contributed by atoms with Crippen molar-refractivity contribution in [1.29, 1.82) is 0 Å². The number of rotatable bonds is 0. The van der Waals surface area contributed by atoms with E-state index in [1.165, 1.54) is 6.42 Å². The molecule has 2 nitrogen and oxygen atoms in total. The molecule has 0 aliphatic heterocycles.